The van der Waals surface area contributed by atoms with E-state index in [0.717, 1.165) is 30.2 Å². The molecule has 2 aromatic rings. The minimum atomic E-state index is -1.10. The molecule has 1 aromatic carbocycles. The Labute approximate surface area is 144 Å². The number of nitrogens with zero attached hydrogens (tertiary/aromatic N) is 1. The Hall–Kier alpha value is -1.63. The summed E-state index contributed by atoms with van der Waals surface area (Å²) in [5.41, 5.74) is 1.53. The van der Waals surface area contributed by atoms with Gasteiger partial charge >= 0.3 is 0 Å². The van der Waals surface area contributed by atoms with Crippen LogP contribution in [0.5, 0.6) is 0 Å². The first-order valence-electron chi connectivity index (χ1n) is 7.44. The average Bonchev–Trinajstić information content (AvgIpc) is 2.86. The van der Waals surface area contributed by atoms with E-state index in [0.29, 0.717) is 15.6 Å². The standard InChI is InChI=1S/C16H20ClN3O2S/c1-20(2)9-3-8-18-16-19-15(13(23-16)10-14(21)22)11-4-6-12(17)7-5-11/h4-7H,3,8-10H2,1-2H3,(H,18,19)(H,21,22). The van der Waals surface area contributed by atoms with E-state index in [1.54, 1.807) is 12.1 Å². The van der Waals surface area contributed by atoms with Crippen molar-refractivity contribution in [1.82, 2.24) is 4.98 Å². The van der Waals surface area contributed by atoms with Crippen molar-refractivity contribution in [2.24, 2.45) is 0 Å². The predicted molar refractivity (Wildman–Crippen MR) is 92.1 cm³/mol. The van der Waals surface area contributed by atoms with Crippen molar-refractivity contribution in [3.63, 3.8) is 0 Å². The van der Waals surface area contributed by atoms with Crippen LogP contribution in [0.25, 0.3) is 11.3 Å². The number of aromatic nitrogens is 1. The van der Waals surface area contributed by atoms with Gasteiger partial charge in [0.1, 0.15) is 0 Å². The Bertz CT molecular complexity index is 656. The maximum atomic E-state index is 11.0. The molecule has 0 unspecified atom stereocenters. The van der Waals surface area contributed by atoms with Gasteiger partial charge in [0.15, 0.2) is 5.13 Å². The van der Waals surface area contributed by atoms with Gasteiger partial charge < -0.3 is 20.1 Å². The molecule has 0 aliphatic carbocycles. The summed E-state index contributed by atoms with van der Waals surface area (Å²) in [5, 5.41) is 15.6. The molecule has 124 valence electrons. The molecule has 23 heavy (non-hydrogen) atoms. The third kappa shape index (κ3) is 5.49. The number of hydrogen-bond acceptors (Lipinski definition) is 5. The molecule has 0 fully saturated rings. The van der Waals surface area contributed by atoms with E-state index in [1.807, 2.05) is 12.1 Å². The third-order valence-electron chi connectivity index (χ3n) is 3.25. The number of thiazole rings is 1. The fourth-order valence-corrected chi connectivity index (χ4v) is 3.27. The van der Waals surface area contributed by atoms with Crippen molar-refractivity contribution in [1.29, 1.82) is 0 Å². The number of benzene rings is 1. The summed E-state index contributed by atoms with van der Waals surface area (Å²) in [6, 6.07) is 7.22. The van der Waals surface area contributed by atoms with Gasteiger partial charge in [0.05, 0.1) is 26.3 Å². The summed E-state index contributed by atoms with van der Waals surface area (Å²) in [6.07, 6.45) is 0.882. The van der Waals surface area contributed by atoms with Gasteiger partial charge in [-0.1, -0.05) is 23.7 Å². The van der Waals surface area contributed by atoms with E-state index >= 15 is 0 Å². The molecule has 1 heterocycles. The number of hydrogen-bond donors (Lipinski definition) is 2. The van der Waals surface area contributed by atoms with E-state index in [4.69, 9.17) is 11.6 Å². The first kappa shape index (κ1) is 17.7. The molecule has 0 atom stereocenters. The first-order chi connectivity index (χ1) is 11.0. The number of aliphatic carboxylic acids is 1. The molecule has 0 aliphatic rings. The molecule has 0 spiro atoms. The van der Waals surface area contributed by atoms with Crippen LogP contribution in [0, 0.1) is 0 Å². The first-order valence-corrected chi connectivity index (χ1v) is 8.63. The number of carbonyl (C=O) groups excluding carboxylic acids is 1. The van der Waals surface area contributed by atoms with Gasteiger partial charge in [-0.15, -0.1) is 11.3 Å². The molecular weight excluding hydrogens is 334 g/mol. The lowest BCUT2D eigenvalue weighted by atomic mass is 10.1. The average molecular weight is 354 g/mol. The molecule has 0 saturated carbocycles. The van der Waals surface area contributed by atoms with Gasteiger partial charge in [0, 0.05) is 40.8 Å². The molecule has 2 rings (SSSR count). The summed E-state index contributed by atoms with van der Waals surface area (Å²) in [6.45, 7) is 1.87. The second-order valence-electron chi connectivity index (χ2n) is 5.58. The topological polar surface area (TPSA) is 69.5 Å². The van der Waals surface area contributed by atoms with E-state index in [2.05, 4.69) is 24.4 Å². The van der Waals surface area contributed by atoms with Crippen molar-refractivity contribution in [2.45, 2.75) is 12.8 Å². The highest BCUT2D eigenvalue weighted by Gasteiger charge is 2.13. The zero-order valence-corrected chi connectivity index (χ0v) is 14.8. The molecule has 7 heteroatoms. The van der Waals surface area contributed by atoms with E-state index < -0.39 is 5.97 Å². The van der Waals surface area contributed by atoms with E-state index in [9.17, 15) is 9.90 Å². The lowest BCUT2D eigenvalue weighted by Crippen LogP contribution is -3.05. The van der Waals surface area contributed by atoms with Crippen LogP contribution in [0.1, 0.15) is 11.3 Å². The molecule has 0 amide bonds. The largest absolute Gasteiger partial charge is 0.550 e. The summed E-state index contributed by atoms with van der Waals surface area (Å²) in [5.74, 6) is -1.10. The Morgan fingerprint density at radius 1 is 1.35 bits per heavy atom. The van der Waals surface area contributed by atoms with Crippen molar-refractivity contribution in [3.8, 4) is 11.3 Å². The summed E-state index contributed by atoms with van der Waals surface area (Å²) in [7, 11) is 4.22. The van der Waals surface area contributed by atoms with Gasteiger partial charge in [-0.3, -0.25) is 0 Å². The van der Waals surface area contributed by atoms with Gasteiger partial charge in [0.2, 0.25) is 0 Å². The smallest absolute Gasteiger partial charge is 0.183 e. The van der Waals surface area contributed by atoms with Crippen molar-refractivity contribution < 1.29 is 14.8 Å². The summed E-state index contributed by atoms with van der Waals surface area (Å²) >= 11 is 7.27. The number of carboxylic acid groups (broad SMARTS) is 1. The Balaban J connectivity index is 2.15. The summed E-state index contributed by atoms with van der Waals surface area (Å²) < 4.78 is 0. The SMILES string of the molecule is C[NH+](C)CCCNc1nc(-c2ccc(Cl)cc2)c(CC(=O)[O-])s1. The zero-order valence-electron chi connectivity index (χ0n) is 13.2. The van der Waals surface area contributed by atoms with Crippen LogP contribution in [0.15, 0.2) is 24.3 Å². The highest BCUT2D eigenvalue weighted by Crippen LogP contribution is 2.32. The van der Waals surface area contributed by atoms with Crippen molar-refractivity contribution >= 4 is 34.0 Å². The number of halogens is 1. The second-order valence-corrected chi connectivity index (χ2v) is 7.10. The Morgan fingerprint density at radius 2 is 2.04 bits per heavy atom. The quantitative estimate of drug-likeness (QED) is 0.685. The molecule has 0 saturated heterocycles. The Kier molecular flexibility index (Phi) is 6.38. The molecule has 0 radical (unpaired) electrons. The van der Waals surface area contributed by atoms with Crippen LogP contribution in [0.2, 0.25) is 5.02 Å². The number of nitrogens with one attached hydrogen (secondary N) is 2. The third-order valence-corrected chi connectivity index (χ3v) is 4.51. The van der Waals surface area contributed by atoms with Crippen LogP contribution in [0.3, 0.4) is 0 Å². The number of carbonyl (C=O) groups is 1. The van der Waals surface area contributed by atoms with Crippen molar-refractivity contribution in [3.05, 3.63) is 34.2 Å². The second kappa shape index (κ2) is 8.29. The minimum absolute atomic E-state index is 0.140. The Morgan fingerprint density at radius 3 is 2.65 bits per heavy atom. The maximum absolute atomic E-state index is 11.0. The highest BCUT2D eigenvalue weighted by molar-refractivity contribution is 7.16. The fraction of sp³-hybridized carbons (Fsp3) is 0.375. The minimum Gasteiger partial charge on any atom is -0.550 e. The van der Waals surface area contributed by atoms with Crippen LogP contribution in [0.4, 0.5) is 5.13 Å². The van der Waals surface area contributed by atoms with E-state index in [1.165, 1.54) is 16.2 Å². The van der Waals surface area contributed by atoms with Crippen LogP contribution >= 0.6 is 22.9 Å². The zero-order chi connectivity index (χ0) is 16.8. The van der Waals surface area contributed by atoms with Gasteiger partial charge in [-0.25, -0.2) is 4.98 Å². The van der Waals surface area contributed by atoms with Crippen LogP contribution in [-0.2, 0) is 11.2 Å². The van der Waals surface area contributed by atoms with Crippen LogP contribution < -0.4 is 15.3 Å². The molecule has 0 bridgehead atoms. The number of rotatable bonds is 8. The van der Waals surface area contributed by atoms with Gasteiger partial charge in [-0.05, 0) is 12.1 Å². The van der Waals surface area contributed by atoms with Gasteiger partial charge in [-0.2, -0.15) is 0 Å². The molecule has 2 N–H and O–H groups in total. The maximum Gasteiger partial charge on any atom is 0.183 e. The number of quaternary nitrogens is 1. The molecule has 0 aliphatic heterocycles. The summed E-state index contributed by atoms with van der Waals surface area (Å²) in [4.78, 5) is 17.6. The van der Waals surface area contributed by atoms with Crippen molar-refractivity contribution in [2.75, 3.05) is 32.5 Å². The fourth-order valence-electron chi connectivity index (χ4n) is 2.15. The molecule has 5 nitrogen and oxygen atoms in total. The number of anilines is 1. The lowest BCUT2D eigenvalue weighted by molar-refractivity contribution is -0.858. The predicted octanol–water partition coefficient (Wildman–Crippen LogP) is 0.702. The highest BCUT2D eigenvalue weighted by atomic mass is 35.5. The number of carboxylic acids is 1. The van der Waals surface area contributed by atoms with E-state index in [-0.39, 0.29) is 6.42 Å². The lowest BCUT2D eigenvalue weighted by Gasteiger charge is -2.06. The molecule has 1 aromatic heterocycles. The normalized spacial score (nSPS) is 11.0. The monoisotopic (exact) mass is 353 g/mol. The van der Waals surface area contributed by atoms with Crippen LogP contribution in [-0.4, -0.2) is 38.1 Å². The molecular formula is C16H20ClN3O2S. The van der Waals surface area contributed by atoms with Gasteiger partial charge in [0.25, 0.3) is 0 Å².